The average Bonchev–Trinajstić information content (AvgIpc) is 2.64. The number of oxime groups is 1. The number of aromatic hydroxyl groups is 1. The number of fused-ring (bicyclic) bond motifs is 1. The van der Waals surface area contributed by atoms with Gasteiger partial charge in [-0.3, -0.25) is 0 Å². The van der Waals surface area contributed by atoms with Crippen LogP contribution in [0.2, 0.25) is 10.0 Å². The second-order valence-electron chi connectivity index (χ2n) is 5.30. The van der Waals surface area contributed by atoms with E-state index >= 15 is 0 Å². The molecule has 3 aromatic rings. The van der Waals surface area contributed by atoms with Crippen molar-refractivity contribution in [3.63, 3.8) is 0 Å². The molecule has 0 heterocycles. The van der Waals surface area contributed by atoms with Gasteiger partial charge in [0.25, 0.3) is 0 Å². The third kappa shape index (κ3) is 3.59. The summed E-state index contributed by atoms with van der Waals surface area (Å²) < 4.78 is 5.34. The fraction of sp³-hybridized carbons (Fsp3) is 0.0526. The van der Waals surface area contributed by atoms with Crippen LogP contribution in [0.25, 0.3) is 10.8 Å². The second-order valence-corrected chi connectivity index (χ2v) is 6.14. The van der Waals surface area contributed by atoms with Gasteiger partial charge >= 0.3 is 5.97 Å². The molecular weight excluding hydrogens is 377 g/mol. The topological polar surface area (TPSA) is 68.1 Å². The molecule has 132 valence electrons. The van der Waals surface area contributed by atoms with Crippen LogP contribution in [0, 0.1) is 0 Å². The summed E-state index contributed by atoms with van der Waals surface area (Å²) in [4.78, 5) is 17.0. The summed E-state index contributed by atoms with van der Waals surface area (Å²) in [7, 11) is 1.54. The molecule has 0 aliphatic heterocycles. The van der Waals surface area contributed by atoms with E-state index < -0.39 is 11.7 Å². The zero-order valence-electron chi connectivity index (χ0n) is 13.6. The molecule has 5 nitrogen and oxygen atoms in total. The van der Waals surface area contributed by atoms with Crippen LogP contribution in [-0.2, 0) is 4.84 Å². The quantitative estimate of drug-likeness (QED) is 0.385. The standard InChI is InChI=1S/C19H13Cl2NO4/c1-25-17-7-6-11-4-2-3-5-13(11)15(17)10-22-26-19(24)14-8-12(20)9-16(21)18(14)23/h2-10,23H,1H3/b22-10+. The number of hydrogen-bond acceptors (Lipinski definition) is 5. The van der Waals surface area contributed by atoms with E-state index in [1.807, 2.05) is 30.3 Å². The molecule has 0 saturated carbocycles. The van der Waals surface area contributed by atoms with E-state index in [0.29, 0.717) is 11.3 Å². The number of phenols is 1. The molecule has 3 rings (SSSR count). The summed E-state index contributed by atoms with van der Waals surface area (Å²) in [6, 6.07) is 13.9. The molecule has 26 heavy (non-hydrogen) atoms. The van der Waals surface area contributed by atoms with Crippen molar-refractivity contribution in [1.82, 2.24) is 0 Å². The number of benzene rings is 3. The summed E-state index contributed by atoms with van der Waals surface area (Å²) >= 11 is 11.6. The third-order valence-electron chi connectivity index (χ3n) is 3.72. The number of rotatable bonds is 4. The summed E-state index contributed by atoms with van der Waals surface area (Å²) in [5, 5.41) is 15.6. The van der Waals surface area contributed by atoms with Gasteiger partial charge in [-0.15, -0.1) is 0 Å². The highest BCUT2D eigenvalue weighted by Crippen LogP contribution is 2.31. The first-order valence-electron chi connectivity index (χ1n) is 7.49. The van der Waals surface area contributed by atoms with E-state index in [-0.39, 0.29) is 15.6 Å². The highest BCUT2D eigenvalue weighted by molar-refractivity contribution is 6.36. The van der Waals surface area contributed by atoms with Crippen molar-refractivity contribution in [3.05, 3.63) is 69.7 Å². The number of halogens is 2. The van der Waals surface area contributed by atoms with Crippen molar-refractivity contribution in [2.75, 3.05) is 7.11 Å². The average molecular weight is 390 g/mol. The van der Waals surface area contributed by atoms with Crippen LogP contribution in [0.3, 0.4) is 0 Å². The van der Waals surface area contributed by atoms with Crippen LogP contribution in [0.15, 0.2) is 53.7 Å². The smallest absolute Gasteiger partial charge is 0.369 e. The summed E-state index contributed by atoms with van der Waals surface area (Å²) in [5.74, 6) is -0.724. The molecule has 0 aliphatic rings. The SMILES string of the molecule is COc1ccc2ccccc2c1/C=N/OC(=O)c1cc(Cl)cc(Cl)c1O. The predicted molar refractivity (Wildman–Crippen MR) is 102 cm³/mol. The first kappa shape index (κ1) is 18.0. The zero-order valence-corrected chi connectivity index (χ0v) is 15.1. The molecule has 0 saturated heterocycles. The third-order valence-corrected chi connectivity index (χ3v) is 4.22. The van der Waals surface area contributed by atoms with Crippen LogP contribution in [0.4, 0.5) is 0 Å². The van der Waals surface area contributed by atoms with Crippen molar-refractivity contribution >= 4 is 46.2 Å². The summed E-state index contributed by atoms with van der Waals surface area (Å²) in [6.07, 6.45) is 1.38. The van der Waals surface area contributed by atoms with Crippen LogP contribution in [0.1, 0.15) is 15.9 Å². The van der Waals surface area contributed by atoms with Gasteiger partial charge in [0.1, 0.15) is 17.1 Å². The summed E-state index contributed by atoms with van der Waals surface area (Å²) in [5.41, 5.74) is 0.483. The maximum absolute atomic E-state index is 12.1. The summed E-state index contributed by atoms with van der Waals surface area (Å²) in [6.45, 7) is 0. The lowest BCUT2D eigenvalue weighted by atomic mass is 10.0. The zero-order chi connectivity index (χ0) is 18.7. The number of carbonyl (C=O) groups is 1. The van der Waals surface area contributed by atoms with Crippen molar-refractivity contribution in [3.8, 4) is 11.5 Å². The van der Waals surface area contributed by atoms with Gasteiger partial charge in [0.15, 0.2) is 0 Å². The first-order chi connectivity index (χ1) is 12.5. The Kier molecular flexibility index (Phi) is 5.30. The Morgan fingerprint density at radius 1 is 1.15 bits per heavy atom. The minimum Gasteiger partial charge on any atom is -0.505 e. The van der Waals surface area contributed by atoms with Crippen molar-refractivity contribution < 1.29 is 19.5 Å². The van der Waals surface area contributed by atoms with Crippen LogP contribution < -0.4 is 4.74 Å². The highest BCUT2D eigenvalue weighted by Gasteiger charge is 2.17. The number of carbonyl (C=O) groups excluding carboxylic acids is 1. The molecule has 0 bridgehead atoms. The molecular formula is C19H13Cl2NO4. The number of phenolic OH excluding ortho intramolecular Hbond substituents is 1. The van der Waals surface area contributed by atoms with E-state index in [2.05, 4.69) is 5.16 Å². The Bertz CT molecular complexity index is 1020. The van der Waals surface area contributed by atoms with Gasteiger partial charge in [-0.1, -0.05) is 58.7 Å². The molecule has 0 amide bonds. The normalized spacial score (nSPS) is 11.0. The number of nitrogens with zero attached hydrogens (tertiary/aromatic N) is 1. The van der Waals surface area contributed by atoms with Gasteiger partial charge in [-0.05, 0) is 29.0 Å². The van der Waals surface area contributed by atoms with E-state index in [4.69, 9.17) is 32.8 Å². The Morgan fingerprint density at radius 3 is 2.69 bits per heavy atom. The lowest BCUT2D eigenvalue weighted by molar-refractivity contribution is 0.0516. The monoisotopic (exact) mass is 389 g/mol. The Labute approximate surface area is 159 Å². The van der Waals surface area contributed by atoms with Gasteiger partial charge in [-0.2, -0.15) is 0 Å². The van der Waals surface area contributed by atoms with Gasteiger partial charge in [0, 0.05) is 10.6 Å². The fourth-order valence-electron chi connectivity index (χ4n) is 2.48. The molecule has 0 atom stereocenters. The van der Waals surface area contributed by atoms with E-state index in [1.54, 1.807) is 13.2 Å². The lowest BCUT2D eigenvalue weighted by Crippen LogP contribution is -2.02. The minimum absolute atomic E-state index is 0.0517. The fourth-order valence-corrected chi connectivity index (χ4v) is 2.98. The van der Waals surface area contributed by atoms with E-state index in [0.717, 1.165) is 10.8 Å². The first-order valence-corrected chi connectivity index (χ1v) is 8.25. The molecule has 0 radical (unpaired) electrons. The van der Waals surface area contributed by atoms with Gasteiger partial charge in [0.2, 0.25) is 0 Å². The Balaban J connectivity index is 1.90. The van der Waals surface area contributed by atoms with E-state index in [9.17, 15) is 9.90 Å². The minimum atomic E-state index is -0.887. The van der Waals surface area contributed by atoms with Crippen molar-refractivity contribution in [1.29, 1.82) is 0 Å². The molecule has 7 heteroatoms. The second kappa shape index (κ2) is 7.64. The number of ether oxygens (including phenoxy) is 1. The number of hydrogen-bond donors (Lipinski definition) is 1. The predicted octanol–water partition coefficient (Wildman–Crippen LogP) is 5.05. The Morgan fingerprint density at radius 2 is 1.92 bits per heavy atom. The van der Waals surface area contributed by atoms with Gasteiger partial charge in [0.05, 0.1) is 18.3 Å². The van der Waals surface area contributed by atoms with Gasteiger partial charge < -0.3 is 14.7 Å². The molecule has 3 aromatic carbocycles. The molecule has 0 aromatic heterocycles. The van der Waals surface area contributed by atoms with Crippen molar-refractivity contribution in [2.24, 2.45) is 5.16 Å². The van der Waals surface area contributed by atoms with Crippen LogP contribution in [0.5, 0.6) is 11.5 Å². The van der Waals surface area contributed by atoms with Crippen LogP contribution >= 0.6 is 23.2 Å². The van der Waals surface area contributed by atoms with Crippen molar-refractivity contribution in [2.45, 2.75) is 0 Å². The molecule has 0 aliphatic carbocycles. The molecule has 0 fully saturated rings. The van der Waals surface area contributed by atoms with Gasteiger partial charge in [-0.25, -0.2) is 4.79 Å². The Hall–Kier alpha value is -2.76. The van der Waals surface area contributed by atoms with E-state index in [1.165, 1.54) is 18.3 Å². The molecule has 0 unspecified atom stereocenters. The van der Waals surface area contributed by atoms with Crippen LogP contribution in [-0.4, -0.2) is 24.4 Å². The molecule has 0 spiro atoms. The lowest BCUT2D eigenvalue weighted by Gasteiger charge is -2.08. The maximum atomic E-state index is 12.1. The highest BCUT2D eigenvalue weighted by atomic mass is 35.5. The maximum Gasteiger partial charge on any atom is 0.369 e. The molecule has 1 N–H and O–H groups in total. The largest absolute Gasteiger partial charge is 0.505 e. The number of methoxy groups -OCH3 is 1.